The van der Waals surface area contributed by atoms with E-state index in [9.17, 15) is 18.8 Å². The molecule has 0 aromatic heterocycles. The van der Waals surface area contributed by atoms with Gasteiger partial charge in [-0.2, -0.15) is 0 Å². The van der Waals surface area contributed by atoms with Crippen LogP contribution in [0.4, 0.5) is 9.18 Å². The zero-order valence-electron chi connectivity index (χ0n) is 17.8. The third kappa shape index (κ3) is 5.94. The van der Waals surface area contributed by atoms with Crippen molar-refractivity contribution in [1.29, 1.82) is 0 Å². The number of rotatable bonds is 6. The second-order valence-corrected chi connectivity index (χ2v) is 9.97. The highest BCUT2D eigenvalue weighted by Crippen LogP contribution is 2.33. The van der Waals surface area contributed by atoms with Crippen LogP contribution in [0.1, 0.15) is 30.4 Å². The van der Waals surface area contributed by atoms with Crippen molar-refractivity contribution < 1.29 is 23.5 Å². The van der Waals surface area contributed by atoms with Gasteiger partial charge in [-0.3, -0.25) is 19.3 Å². The molecule has 2 saturated heterocycles. The second-order valence-electron chi connectivity index (χ2n) is 7.82. The minimum absolute atomic E-state index is 0.187. The molecule has 2 aromatic rings. The van der Waals surface area contributed by atoms with Gasteiger partial charge in [0.2, 0.25) is 5.91 Å². The molecule has 0 spiro atoms. The first kappa shape index (κ1) is 23.7. The quantitative estimate of drug-likeness (QED) is 0.353. The number of piperidine rings is 1. The van der Waals surface area contributed by atoms with Crippen molar-refractivity contribution in [3.8, 4) is 5.75 Å². The molecular weight excluding hydrogens is 558 g/mol. The highest BCUT2D eigenvalue weighted by molar-refractivity contribution is 14.1. The zero-order chi connectivity index (χ0) is 23.4. The number of imide groups is 1. The molecule has 0 aliphatic carbocycles. The lowest BCUT2D eigenvalue weighted by Crippen LogP contribution is -2.44. The van der Waals surface area contributed by atoms with E-state index in [0.717, 1.165) is 50.6 Å². The number of ether oxygens (including phenoxy) is 1. The fourth-order valence-electron chi connectivity index (χ4n) is 3.68. The van der Waals surface area contributed by atoms with E-state index in [4.69, 9.17) is 4.74 Å². The van der Waals surface area contributed by atoms with Gasteiger partial charge in [0.15, 0.2) is 0 Å². The fraction of sp³-hybridized carbons (Fsp3) is 0.292. The normalized spacial score (nSPS) is 17.7. The molecule has 4 rings (SSSR count). The van der Waals surface area contributed by atoms with Crippen molar-refractivity contribution in [3.05, 3.63) is 67.9 Å². The van der Waals surface area contributed by atoms with Gasteiger partial charge in [0.25, 0.3) is 11.1 Å². The highest BCUT2D eigenvalue weighted by atomic mass is 127. The van der Waals surface area contributed by atoms with E-state index in [1.54, 1.807) is 35.2 Å². The topological polar surface area (TPSA) is 66.9 Å². The summed E-state index contributed by atoms with van der Waals surface area (Å²) in [5, 5.41) is -0.429. The summed E-state index contributed by atoms with van der Waals surface area (Å²) in [7, 11) is 0. The Kier molecular flexibility index (Phi) is 7.69. The Morgan fingerprint density at radius 3 is 2.64 bits per heavy atom. The third-order valence-electron chi connectivity index (χ3n) is 5.41. The van der Waals surface area contributed by atoms with Gasteiger partial charge in [-0.25, -0.2) is 4.39 Å². The minimum atomic E-state index is -0.447. The van der Waals surface area contributed by atoms with Crippen molar-refractivity contribution in [1.82, 2.24) is 9.80 Å². The molecule has 9 heteroatoms. The Morgan fingerprint density at radius 1 is 1.12 bits per heavy atom. The number of carbonyl (C=O) groups excluding carboxylic acids is 3. The summed E-state index contributed by atoms with van der Waals surface area (Å²) >= 11 is 2.97. The highest BCUT2D eigenvalue weighted by Gasteiger charge is 2.37. The molecular formula is C24H22FIN2O4S. The molecule has 3 amide bonds. The van der Waals surface area contributed by atoms with Crippen LogP contribution in [0.5, 0.6) is 5.75 Å². The van der Waals surface area contributed by atoms with E-state index in [0.29, 0.717) is 18.8 Å². The molecule has 2 aliphatic rings. The number of hydrogen-bond donors (Lipinski definition) is 0. The maximum absolute atomic E-state index is 13.3. The summed E-state index contributed by atoms with van der Waals surface area (Å²) in [5.74, 6) is -0.311. The number of amides is 3. The molecule has 0 unspecified atom stereocenters. The lowest BCUT2D eigenvalue weighted by Gasteiger charge is -2.27. The molecule has 0 bridgehead atoms. The number of halogens is 2. The van der Waals surface area contributed by atoms with Crippen LogP contribution in [0, 0.1) is 9.39 Å². The SMILES string of the molecule is O=C(CN1C(=O)S/C(=C\c2ccc(OCc3cccc(F)c3)c(I)c2)C1=O)N1CCCCC1. The average Bonchev–Trinajstić information content (AvgIpc) is 3.06. The number of nitrogens with zero attached hydrogens (tertiary/aromatic N) is 2. The number of benzene rings is 2. The van der Waals surface area contributed by atoms with Crippen LogP contribution in [-0.4, -0.2) is 46.5 Å². The van der Waals surface area contributed by atoms with Crippen molar-refractivity contribution in [2.75, 3.05) is 19.6 Å². The van der Waals surface area contributed by atoms with Crippen LogP contribution in [0.15, 0.2) is 47.4 Å². The fourth-order valence-corrected chi connectivity index (χ4v) is 5.21. The number of hydrogen-bond acceptors (Lipinski definition) is 5. The standard InChI is InChI=1S/C24H22FIN2O4S/c25-18-6-4-5-17(11-18)15-32-20-8-7-16(12-19(20)26)13-21-23(30)28(24(31)33-21)14-22(29)27-9-2-1-3-10-27/h4-8,11-13H,1-3,9-10,14-15H2/b21-13-. The Hall–Kier alpha value is -2.40. The smallest absolute Gasteiger partial charge is 0.294 e. The van der Waals surface area contributed by atoms with Crippen molar-refractivity contribution in [2.24, 2.45) is 0 Å². The summed E-state index contributed by atoms with van der Waals surface area (Å²) in [4.78, 5) is 40.7. The molecule has 172 valence electrons. The maximum Gasteiger partial charge on any atom is 0.294 e. The summed E-state index contributed by atoms with van der Waals surface area (Å²) in [6.45, 7) is 1.37. The minimum Gasteiger partial charge on any atom is -0.488 e. The first-order valence-electron chi connectivity index (χ1n) is 10.6. The Balaban J connectivity index is 1.40. The number of likely N-dealkylation sites (tertiary alicyclic amines) is 1. The molecule has 2 aromatic carbocycles. The van der Waals surface area contributed by atoms with Gasteiger partial charge in [0, 0.05) is 13.1 Å². The van der Waals surface area contributed by atoms with E-state index in [-0.39, 0.29) is 29.8 Å². The predicted octanol–water partition coefficient (Wildman–Crippen LogP) is 5.06. The van der Waals surface area contributed by atoms with Crippen LogP contribution >= 0.6 is 34.4 Å². The van der Waals surface area contributed by atoms with Crippen LogP contribution in [0.2, 0.25) is 0 Å². The van der Waals surface area contributed by atoms with E-state index >= 15 is 0 Å². The molecule has 2 fully saturated rings. The number of thioether (sulfide) groups is 1. The lowest BCUT2D eigenvalue weighted by molar-refractivity contribution is -0.136. The van der Waals surface area contributed by atoms with Gasteiger partial charge < -0.3 is 9.64 Å². The van der Waals surface area contributed by atoms with Gasteiger partial charge >= 0.3 is 0 Å². The van der Waals surface area contributed by atoms with Crippen molar-refractivity contribution in [3.63, 3.8) is 0 Å². The monoisotopic (exact) mass is 580 g/mol. The van der Waals surface area contributed by atoms with Crippen molar-refractivity contribution >= 4 is 57.5 Å². The first-order valence-corrected chi connectivity index (χ1v) is 12.5. The van der Waals surface area contributed by atoms with E-state index < -0.39 is 11.1 Å². The number of carbonyl (C=O) groups is 3. The second kappa shape index (κ2) is 10.7. The molecule has 2 aliphatic heterocycles. The Bertz CT molecular complexity index is 1120. The van der Waals surface area contributed by atoms with Crippen LogP contribution in [0.3, 0.4) is 0 Å². The summed E-state index contributed by atoms with van der Waals surface area (Å²) in [6, 6.07) is 11.6. The van der Waals surface area contributed by atoms with E-state index in [2.05, 4.69) is 22.6 Å². The first-order chi connectivity index (χ1) is 15.9. The van der Waals surface area contributed by atoms with Crippen molar-refractivity contribution in [2.45, 2.75) is 25.9 Å². The van der Waals surface area contributed by atoms with Gasteiger partial charge in [0.1, 0.15) is 24.7 Å². The van der Waals surface area contributed by atoms with Gasteiger partial charge in [-0.05, 0) is 95.1 Å². The predicted molar refractivity (Wildman–Crippen MR) is 133 cm³/mol. The van der Waals surface area contributed by atoms with Crippen LogP contribution in [-0.2, 0) is 16.2 Å². The van der Waals surface area contributed by atoms with E-state index in [1.807, 2.05) is 6.07 Å². The molecule has 2 heterocycles. The van der Waals surface area contributed by atoms with Crippen LogP contribution in [0.25, 0.3) is 6.08 Å². The summed E-state index contributed by atoms with van der Waals surface area (Å²) < 4.78 is 19.9. The van der Waals surface area contributed by atoms with Gasteiger partial charge in [-0.15, -0.1) is 0 Å². The Labute approximate surface area is 209 Å². The van der Waals surface area contributed by atoms with Crippen LogP contribution < -0.4 is 4.74 Å². The average molecular weight is 580 g/mol. The molecule has 0 saturated carbocycles. The molecule has 33 heavy (non-hydrogen) atoms. The molecule has 0 radical (unpaired) electrons. The molecule has 0 N–H and O–H groups in total. The summed E-state index contributed by atoms with van der Waals surface area (Å²) in [5.41, 5.74) is 1.47. The maximum atomic E-state index is 13.3. The van der Waals surface area contributed by atoms with E-state index in [1.165, 1.54) is 12.1 Å². The zero-order valence-corrected chi connectivity index (χ0v) is 20.7. The molecule has 6 nitrogen and oxygen atoms in total. The lowest BCUT2D eigenvalue weighted by atomic mass is 10.1. The largest absolute Gasteiger partial charge is 0.488 e. The summed E-state index contributed by atoms with van der Waals surface area (Å²) in [6.07, 6.45) is 4.65. The van der Waals surface area contributed by atoms with Gasteiger partial charge in [-0.1, -0.05) is 18.2 Å². The van der Waals surface area contributed by atoms with Gasteiger partial charge in [0.05, 0.1) is 8.48 Å². The third-order valence-corrected chi connectivity index (χ3v) is 7.16. The Morgan fingerprint density at radius 2 is 1.91 bits per heavy atom. The molecule has 0 atom stereocenters.